The Morgan fingerprint density at radius 2 is 2.00 bits per heavy atom. The van der Waals surface area contributed by atoms with Crippen LogP contribution in [0.4, 0.5) is 0 Å². The lowest BCUT2D eigenvalue weighted by Crippen LogP contribution is -2.49. The summed E-state index contributed by atoms with van der Waals surface area (Å²) < 4.78 is 29.0. The number of aromatic nitrogens is 2. The van der Waals surface area contributed by atoms with Gasteiger partial charge in [-0.05, 0) is 20.3 Å². The van der Waals surface area contributed by atoms with Crippen molar-refractivity contribution in [3.8, 4) is 0 Å². The molecule has 2 saturated heterocycles. The predicted octanol–water partition coefficient (Wildman–Crippen LogP) is 0.301. The van der Waals surface area contributed by atoms with Gasteiger partial charge in [0.05, 0.1) is 0 Å². The minimum absolute atomic E-state index is 0. The van der Waals surface area contributed by atoms with Gasteiger partial charge in [-0.1, -0.05) is 0 Å². The summed E-state index contributed by atoms with van der Waals surface area (Å²) in [6.07, 6.45) is 2.56. The first-order chi connectivity index (χ1) is 10.5. The summed E-state index contributed by atoms with van der Waals surface area (Å²) in [6.45, 7) is 9.72. The van der Waals surface area contributed by atoms with Gasteiger partial charge in [0.15, 0.2) is 5.03 Å². The fourth-order valence-electron chi connectivity index (χ4n) is 3.33. The maximum absolute atomic E-state index is 12.8. The Bertz CT molecular complexity index is 627. The van der Waals surface area contributed by atoms with Crippen LogP contribution in [0.5, 0.6) is 0 Å². The molecule has 7 nitrogen and oxygen atoms in total. The average molecular weight is 364 g/mol. The number of sulfonamides is 1. The lowest BCUT2D eigenvalue weighted by Gasteiger charge is -2.32. The normalized spacial score (nSPS) is 23.8. The minimum atomic E-state index is -3.46. The topological polar surface area (TPSA) is 70.5 Å². The number of hydrogen-bond acceptors (Lipinski definition) is 5. The number of piperazine rings is 1. The van der Waals surface area contributed by atoms with Crippen LogP contribution >= 0.6 is 12.4 Å². The van der Waals surface area contributed by atoms with Crippen LogP contribution in [0.3, 0.4) is 0 Å². The lowest BCUT2D eigenvalue weighted by atomic mass is 10.2. The van der Waals surface area contributed by atoms with Gasteiger partial charge in [0.1, 0.15) is 5.82 Å². The fraction of sp³-hybridized carbons (Fsp3) is 0.786. The maximum atomic E-state index is 12.8. The smallest absolute Gasteiger partial charge is 0.262 e. The van der Waals surface area contributed by atoms with Crippen LogP contribution in [0.1, 0.15) is 19.2 Å². The second-order valence-corrected chi connectivity index (χ2v) is 7.89. The van der Waals surface area contributed by atoms with Crippen LogP contribution < -0.4 is 5.32 Å². The molecule has 3 heterocycles. The highest BCUT2D eigenvalue weighted by Gasteiger charge is 2.36. The van der Waals surface area contributed by atoms with E-state index in [9.17, 15) is 8.42 Å². The molecule has 1 unspecified atom stereocenters. The summed E-state index contributed by atoms with van der Waals surface area (Å²) in [5.74, 6) is 0.749. The van der Waals surface area contributed by atoms with Crippen LogP contribution in [-0.2, 0) is 16.6 Å². The van der Waals surface area contributed by atoms with E-state index in [1.54, 1.807) is 10.5 Å². The van der Waals surface area contributed by atoms with Crippen molar-refractivity contribution in [3.63, 3.8) is 0 Å². The summed E-state index contributed by atoms with van der Waals surface area (Å²) in [7, 11) is -3.46. The molecular weight excluding hydrogens is 338 g/mol. The SMILES string of the molecule is CCn1cc(S(=O)(=O)N2CCC(N3CCNCC3)C2)nc1C.Cl. The van der Waals surface area contributed by atoms with Gasteiger partial charge < -0.3 is 9.88 Å². The first kappa shape index (κ1) is 18.7. The number of nitrogens with one attached hydrogen (secondary N) is 1. The molecule has 132 valence electrons. The Balaban J connectivity index is 0.00000192. The van der Waals surface area contributed by atoms with Crippen molar-refractivity contribution in [3.05, 3.63) is 12.0 Å². The van der Waals surface area contributed by atoms with E-state index in [4.69, 9.17) is 0 Å². The molecule has 0 radical (unpaired) electrons. The van der Waals surface area contributed by atoms with Crippen LogP contribution in [0.25, 0.3) is 0 Å². The third-order valence-electron chi connectivity index (χ3n) is 4.69. The molecule has 1 N–H and O–H groups in total. The van der Waals surface area contributed by atoms with Crippen LogP contribution in [-0.4, -0.2) is 72.5 Å². The first-order valence-corrected chi connectivity index (χ1v) is 9.45. The van der Waals surface area contributed by atoms with E-state index >= 15 is 0 Å². The summed E-state index contributed by atoms with van der Waals surface area (Å²) in [6, 6.07) is 0.339. The molecule has 1 atom stereocenters. The van der Waals surface area contributed by atoms with Crippen molar-refractivity contribution in [1.29, 1.82) is 0 Å². The predicted molar refractivity (Wildman–Crippen MR) is 91.5 cm³/mol. The molecule has 0 aromatic carbocycles. The molecule has 23 heavy (non-hydrogen) atoms. The number of nitrogens with zero attached hydrogens (tertiary/aromatic N) is 4. The quantitative estimate of drug-likeness (QED) is 0.833. The summed E-state index contributed by atoms with van der Waals surface area (Å²) in [5.41, 5.74) is 0. The van der Waals surface area contributed by atoms with Crippen LogP contribution in [0, 0.1) is 6.92 Å². The zero-order valence-corrected chi connectivity index (χ0v) is 15.4. The van der Waals surface area contributed by atoms with Gasteiger partial charge in [-0.25, -0.2) is 13.4 Å². The van der Waals surface area contributed by atoms with E-state index in [0.29, 0.717) is 19.1 Å². The third-order valence-corrected chi connectivity index (χ3v) is 6.43. The third kappa shape index (κ3) is 3.71. The van der Waals surface area contributed by atoms with Crippen molar-refractivity contribution < 1.29 is 8.42 Å². The largest absolute Gasteiger partial charge is 0.334 e. The van der Waals surface area contributed by atoms with Crippen molar-refractivity contribution in [2.24, 2.45) is 0 Å². The Labute approximate surface area is 144 Å². The van der Waals surface area contributed by atoms with Crippen LogP contribution in [0.15, 0.2) is 11.2 Å². The van der Waals surface area contributed by atoms with Crippen molar-refractivity contribution in [1.82, 2.24) is 24.1 Å². The molecule has 0 amide bonds. The molecule has 1 aromatic rings. The van der Waals surface area contributed by atoms with Gasteiger partial charge in [-0.15, -0.1) is 12.4 Å². The highest BCUT2D eigenvalue weighted by molar-refractivity contribution is 7.89. The highest BCUT2D eigenvalue weighted by atomic mass is 35.5. The Kier molecular flexibility index (Phi) is 6.07. The molecule has 2 fully saturated rings. The van der Waals surface area contributed by atoms with E-state index in [2.05, 4.69) is 15.2 Å². The van der Waals surface area contributed by atoms with Gasteiger partial charge in [-0.3, -0.25) is 4.90 Å². The fourth-order valence-corrected chi connectivity index (χ4v) is 4.82. The number of halogens is 1. The van der Waals surface area contributed by atoms with E-state index in [1.165, 1.54) is 0 Å². The van der Waals surface area contributed by atoms with Crippen LogP contribution in [0.2, 0.25) is 0 Å². The summed E-state index contributed by atoms with van der Waals surface area (Å²) in [4.78, 5) is 6.65. The number of aryl methyl sites for hydroxylation is 2. The van der Waals surface area contributed by atoms with Gasteiger partial charge in [0, 0.05) is 58.1 Å². The molecule has 0 aliphatic carbocycles. The molecule has 1 aromatic heterocycles. The monoisotopic (exact) mass is 363 g/mol. The van der Waals surface area contributed by atoms with E-state index in [0.717, 1.165) is 45.0 Å². The molecule has 0 spiro atoms. The first-order valence-electron chi connectivity index (χ1n) is 8.01. The molecule has 0 saturated carbocycles. The van der Waals surface area contributed by atoms with E-state index < -0.39 is 10.0 Å². The molecule has 2 aliphatic rings. The van der Waals surface area contributed by atoms with E-state index in [-0.39, 0.29) is 17.4 Å². The van der Waals surface area contributed by atoms with E-state index in [1.807, 2.05) is 18.4 Å². The Morgan fingerprint density at radius 3 is 2.61 bits per heavy atom. The average Bonchev–Trinajstić information content (AvgIpc) is 3.15. The van der Waals surface area contributed by atoms with Gasteiger partial charge in [0.2, 0.25) is 0 Å². The molecular formula is C14H26ClN5O2S. The molecule has 0 bridgehead atoms. The molecule has 3 rings (SSSR count). The zero-order valence-electron chi connectivity index (χ0n) is 13.7. The number of rotatable bonds is 4. The second kappa shape index (κ2) is 7.48. The lowest BCUT2D eigenvalue weighted by molar-refractivity contribution is 0.179. The van der Waals surface area contributed by atoms with Crippen molar-refractivity contribution in [2.45, 2.75) is 37.9 Å². The summed E-state index contributed by atoms with van der Waals surface area (Å²) >= 11 is 0. The van der Waals surface area contributed by atoms with Gasteiger partial charge in [0.25, 0.3) is 10.0 Å². The zero-order chi connectivity index (χ0) is 15.7. The van der Waals surface area contributed by atoms with Crippen molar-refractivity contribution >= 4 is 22.4 Å². The molecule has 9 heteroatoms. The number of imidazole rings is 1. The minimum Gasteiger partial charge on any atom is -0.334 e. The Hall–Kier alpha value is -0.670. The standard InChI is InChI=1S/C14H25N5O2S.ClH/c1-3-17-11-14(16-12(17)2)22(20,21)19-7-4-13(10-19)18-8-5-15-6-9-18;/h11,13,15H,3-10H2,1-2H3;1H. The van der Waals surface area contributed by atoms with Gasteiger partial charge in [-0.2, -0.15) is 4.31 Å². The number of hydrogen-bond donors (Lipinski definition) is 1. The highest BCUT2D eigenvalue weighted by Crippen LogP contribution is 2.23. The summed E-state index contributed by atoms with van der Waals surface area (Å²) in [5, 5.41) is 3.52. The Morgan fingerprint density at radius 1 is 1.30 bits per heavy atom. The second-order valence-electron chi connectivity index (χ2n) is 6.00. The van der Waals surface area contributed by atoms with Crippen molar-refractivity contribution in [2.75, 3.05) is 39.3 Å². The maximum Gasteiger partial charge on any atom is 0.262 e. The van der Waals surface area contributed by atoms with Gasteiger partial charge >= 0.3 is 0 Å². The molecule has 2 aliphatic heterocycles.